The number of aromatic nitrogens is 2. The van der Waals surface area contributed by atoms with Gasteiger partial charge in [-0.15, -0.1) is 24.0 Å². The van der Waals surface area contributed by atoms with Gasteiger partial charge in [0.25, 0.3) is 0 Å². The summed E-state index contributed by atoms with van der Waals surface area (Å²) in [7, 11) is 0. The summed E-state index contributed by atoms with van der Waals surface area (Å²) in [5.41, 5.74) is 2.27. The molecule has 2 saturated heterocycles. The van der Waals surface area contributed by atoms with Crippen molar-refractivity contribution in [2.24, 2.45) is 10.9 Å². The summed E-state index contributed by atoms with van der Waals surface area (Å²) in [5.74, 6) is 2.52. The minimum Gasteiger partial charge on any atom is -0.381 e. The van der Waals surface area contributed by atoms with Gasteiger partial charge in [0, 0.05) is 51.3 Å². The predicted molar refractivity (Wildman–Crippen MR) is 144 cm³/mol. The van der Waals surface area contributed by atoms with E-state index in [4.69, 9.17) is 14.5 Å². The summed E-state index contributed by atoms with van der Waals surface area (Å²) >= 11 is 0. The summed E-state index contributed by atoms with van der Waals surface area (Å²) in [6, 6.07) is 8.76. The number of morpholine rings is 1. The van der Waals surface area contributed by atoms with Gasteiger partial charge in [-0.05, 0) is 38.8 Å². The van der Waals surface area contributed by atoms with Crippen LogP contribution in [0, 0.1) is 12.8 Å². The summed E-state index contributed by atoms with van der Waals surface area (Å²) in [4.78, 5) is 12.2. The number of aliphatic imine (C=N–C) groups is 1. The summed E-state index contributed by atoms with van der Waals surface area (Å²) in [6.45, 7) is 13.0. The molecular weight excluding hydrogens is 531 g/mol. The lowest BCUT2D eigenvalue weighted by Crippen LogP contribution is -2.49. The smallest absolute Gasteiger partial charge is 0.191 e. The number of hydrogen-bond donors (Lipinski definition) is 2. The van der Waals surface area contributed by atoms with Crippen LogP contribution in [0.1, 0.15) is 25.6 Å². The first-order chi connectivity index (χ1) is 15.8. The Morgan fingerprint density at radius 2 is 2.00 bits per heavy atom. The Bertz CT molecular complexity index is 877. The van der Waals surface area contributed by atoms with E-state index in [9.17, 15) is 0 Å². The van der Waals surface area contributed by atoms with Crippen LogP contribution in [0.25, 0.3) is 11.0 Å². The molecule has 2 aliphatic rings. The maximum atomic E-state index is 5.69. The molecule has 2 unspecified atom stereocenters. The van der Waals surface area contributed by atoms with Gasteiger partial charge in [0.15, 0.2) is 5.96 Å². The molecule has 1 aromatic heterocycles. The topological polar surface area (TPSA) is 75.9 Å². The molecule has 9 heteroatoms. The van der Waals surface area contributed by atoms with Crippen LogP contribution < -0.4 is 10.6 Å². The number of guanidine groups is 1. The Morgan fingerprint density at radius 3 is 2.76 bits per heavy atom. The van der Waals surface area contributed by atoms with E-state index >= 15 is 0 Å². The minimum atomic E-state index is 0. The van der Waals surface area contributed by atoms with E-state index in [1.54, 1.807) is 0 Å². The van der Waals surface area contributed by atoms with Crippen molar-refractivity contribution in [3.63, 3.8) is 0 Å². The largest absolute Gasteiger partial charge is 0.381 e. The van der Waals surface area contributed by atoms with Crippen molar-refractivity contribution in [3.8, 4) is 0 Å². The summed E-state index contributed by atoms with van der Waals surface area (Å²) in [5, 5.41) is 6.94. The Hall–Kier alpha value is -1.43. The molecule has 2 fully saturated rings. The van der Waals surface area contributed by atoms with Gasteiger partial charge in [-0.25, -0.2) is 4.98 Å². The lowest BCUT2D eigenvalue weighted by Gasteiger charge is -2.36. The van der Waals surface area contributed by atoms with Crippen LogP contribution in [0.3, 0.4) is 0 Å². The lowest BCUT2D eigenvalue weighted by molar-refractivity contribution is 0.00368. The molecule has 0 bridgehead atoms. The number of hydrogen-bond acceptors (Lipinski definition) is 5. The van der Waals surface area contributed by atoms with Crippen LogP contribution in [-0.2, 0) is 16.0 Å². The average Bonchev–Trinajstić information content (AvgIpc) is 3.45. The number of imidazole rings is 1. The molecule has 8 nitrogen and oxygen atoms in total. The van der Waals surface area contributed by atoms with E-state index in [1.165, 1.54) is 5.52 Å². The van der Waals surface area contributed by atoms with Crippen molar-refractivity contribution < 1.29 is 9.47 Å². The van der Waals surface area contributed by atoms with E-state index in [0.29, 0.717) is 12.0 Å². The highest BCUT2D eigenvalue weighted by atomic mass is 127. The van der Waals surface area contributed by atoms with E-state index in [2.05, 4.69) is 57.1 Å². The molecule has 33 heavy (non-hydrogen) atoms. The second-order valence-corrected chi connectivity index (χ2v) is 8.64. The Morgan fingerprint density at radius 1 is 1.18 bits per heavy atom. The van der Waals surface area contributed by atoms with Crippen molar-refractivity contribution in [1.29, 1.82) is 0 Å². The van der Waals surface area contributed by atoms with Gasteiger partial charge in [-0.2, -0.15) is 0 Å². The number of halogens is 1. The normalized spacial score (nSPS) is 20.5. The first kappa shape index (κ1) is 26.2. The van der Waals surface area contributed by atoms with Crippen LogP contribution in [-0.4, -0.2) is 85.6 Å². The zero-order valence-corrected chi connectivity index (χ0v) is 22.3. The van der Waals surface area contributed by atoms with Crippen molar-refractivity contribution in [2.45, 2.75) is 39.3 Å². The molecule has 1 aromatic carbocycles. The average molecular weight is 571 g/mol. The molecule has 0 radical (unpaired) electrons. The molecule has 2 atom stereocenters. The predicted octanol–water partition coefficient (Wildman–Crippen LogP) is 2.65. The quantitative estimate of drug-likeness (QED) is 0.209. The number of aryl methyl sites for hydroxylation is 2. The number of rotatable bonds is 9. The molecule has 4 rings (SSSR count). The highest BCUT2D eigenvalue weighted by Crippen LogP contribution is 2.22. The fraction of sp³-hybridized carbons (Fsp3) is 0.667. The molecule has 0 saturated carbocycles. The fourth-order valence-electron chi connectivity index (χ4n) is 4.78. The summed E-state index contributed by atoms with van der Waals surface area (Å²) in [6.07, 6.45) is 2.13. The van der Waals surface area contributed by atoms with Gasteiger partial charge < -0.3 is 24.7 Å². The third kappa shape index (κ3) is 7.03. The van der Waals surface area contributed by atoms with Crippen molar-refractivity contribution in [1.82, 2.24) is 25.1 Å². The second kappa shape index (κ2) is 13.5. The lowest BCUT2D eigenvalue weighted by atomic mass is 9.97. The standard InChI is InChI=1S/C24H38N6O2.HI/c1-3-25-24(26-10-6-11-30-19(2)28-21-7-4-5-8-22(21)30)27-17-23(20-9-14-32-18-20)29-12-15-31-16-13-29;/h4-5,7-8,20,23H,3,6,9-18H2,1-2H3,(H2,25,26,27);1H. The molecule has 3 heterocycles. The van der Waals surface area contributed by atoms with Crippen LogP contribution in [0.4, 0.5) is 0 Å². The Kier molecular flexibility index (Phi) is 10.7. The third-order valence-corrected chi connectivity index (χ3v) is 6.50. The molecule has 2 N–H and O–H groups in total. The SMILES string of the molecule is CCNC(=NCC(C1CCOC1)N1CCOCC1)NCCCn1c(C)nc2ccccc21.I. The van der Waals surface area contributed by atoms with Gasteiger partial charge in [0.2, 0.25) is 0 Å². The highest BCUT2D eigenvalue weighted by molar-refractivity contribution is 14.0. The number of fused-ring (bicyclic) bond motifs is 1. The zero-order valence-electron chi connectivity index (χ0n) is 20.0. The monoisotopic (exact) mass is 570 g/mol. The van der Waals surface area contributed by atoms with Gasteiger partial charge in [0.05, 0.1) is 37.4 Å². The van der Waals surface area contributed by atoms with Crippen molar-refractivity contribution >= 4 is 41.0 Å². The Balaban J connectivity index is 0.00000306. The van der Waals surface area contributed by atoms with E-state index in [-0.39, 0.29) is 24.0 Å². The molecule has 0 amide bonds. The van der Waals surface area contributed by atoms with Crippen LogP contribution in [0.15, 0.2) is 29.3 Å². The second-order valence-electron chi connectivity index (χ2n) is 8.64. The molecule has 0 aliphatic carbocycles. The highest BCUT2D eigenvalue weighted by Gasteiger charge is 2.31. The van der Waals surface area contributed by atoms with E-state index in [1.807, 2.05) is 6.07 Å². The number of nitrogens with zero attached hydrogens (tertiary/aromatic N) is 4. The fourth-order valence-corrected chi connectivity index (χ4v) is 4.78. The molecule has 2 aromatic rings. The van der Waals surface area contributed by atoms with Crippen LogP contribution in [0.2, 0.25) is 0 Å². The number of para-hydroxylation sites is 2. The van der Waals surface area contributed by atoms with Crippen LogP contribution in [0.5, 0.6) is 0 Å². The number of benzene rings is 1. The first-order valence-electron chi connectivity index (χ1n) is 12.1. The number of ether oxygens (including phenoxy) is 2. The third-order valence-electron chi connectivity index (χ3n) is 6.50. The number of nitrogens with one attached hydrogen (secondary N) is 2. The van der Waals surface area contributed by atoms with E-state index in [0.717, 1.165) is 95.8 Å². The van der Waals surface area contributed by atoms with Gasteiger partial charge in [-0.1, -0.05) is 12.1 Å². The molecule has 2 aliphatic heterocycles. The van der Waals surface area contributed by atoms with Crippen molar-refractivity contribution in [2.75, 3.05) is 59.2 Å². The first-order valence-corrected chi connectivity index (χ1v) is 12.1. The summed E-state index contributed by atoms with van der Waals surface area (Å²) < 4.78 is 13.6. The van der Waals surface area contributed by atoms with Gasteiger partial charge >= 0.3 is 0 Å². The Labute approximate surface area is 214 Å². The van der Waals surface area contributed by atoms with E-state index < -0.39 is 0 Å². The molecule has 0 spiro atoms. The van der Waals surface area contributed by atoms with Crippen LogP contribution >= 0.6 is 24.0 Å². The maximum Gasteiger partial charge on any atom is 0.191 e. The maximum absolute atomic E-state index is 5.69. The zero-order chi connectivity index (χ0) is 22.2. The van der Waals surface area contributed by atoms with Crippen molar-refractivity contribution in [3.05, 3.63) is 30.1 Å². The molecule has 184 valence electrons. The molecular formula is C24H39IN6O2. The minimum absolute atomic E-state index is 0. The van der Waals surface area contributed by atoms with Gasteiger partial charge in [-0.3, -0.25) is 9.89 Å². The van der Waals surface area contributed by atoms with Gasteiger partial charge in [0.1, 0.15) is 5.82 Å².